The smallest absolute Gasteiger partial charge is 0.312 e. The molecule has 3 aromatic carbocycles. The van der Waals surface area contributed by atoms with Crippen molar-refractivity contribution in [1.82, 2.24) is 34.3 Å². The number of likely N-dealkylation sites (tertiary alicyclic amines) is 1. The molecule has 15 nitrogen and oxygen atoms in total. The summed E-state index contributed by atoms with van der Waals surface area (Å²) < 4.78 is 37.4. The fourth-order valence-electron chi connectivity index (χ4n) is 9.02. The van der Waals surface area contributed by atoms with Gasteiger partial charge in [-0.25, -0.2) is 22.8 Å². The highest BCUT2D eigenvalue weighted by molar-refractivity contribution is 7.90. The second-order valence-electron chi connectivity index (χ2n) is 17.7. The molecule has 63 heavy (non-hydrogen) atoms. The Labute approximate surface area is 370 Å². The first-order valence-electron chi connectivity index (χ1n) is 21.3. The number of nitro benzene ring substituents is 1. The van der Waals surface area contributed by atoms with E-state index < -0.39 is 31.4 Å². The number of pyridine rings is 1. The van der Waals surface area contributed by atoms with E-state index in [1.165, 1.54) is 28.8 Å². The number of rotatable bonds is 11. The summed E-state index contributed by atoms with van der Waals surface area (Å²) in [5.41, 5.74) is 6.97. The average Bonchev–Trinajstić information content (AvgIpc) is 3.91. The minimum Gasteiger partial charge on any atom is -0.483 e. The summed E-state index contributed by atoms with van der Waals surface area (Å²) in [5.74, 6) is -0.942. The number of benzene rings is 3. The first-order chi connectivity index (χ1) is 30.2. The van der Waals surface area contributed by atoms with E-state index in [0.29, 0.717) is 35.2 Å². The van der Waals surface area contributed by atoms with Crippen LogP contribution in [-0.4, -0.2) is 108 Å². The minimum atomic E-state index is -4.59. The number of piperidine rings is 1. The highest BCUT2D eigenvalue weighted by Gasteiger charge is 2.31. The fraction of sp³-hybridized carbons (Fsp3) is 0.370. The predicted octanol–water partition coefficient (Wildman–Crippen LogP) is 7.84. The molecule has 0 radical (unpaired) electrons. The van der Waals surface area contributed by atoms with Gasteiger partial charge in [-0.15, -0.1) is 0 Å². The maximum absolute atomic E-state index is 14.2. The lowest BCUT2D eigenvalue weighted by Gasteiger charge is -2.39. The third kappa shape index (κ3) is 9.03. The Hall–Kier alpha value is -5.81. The number of carbonyl (C=O) groups excluding carboxylic acids is 1. The summed E-state index contributed by atoms with van der Waals surface area (Å²) in [6.07, 6.45) is 7.72. The fourth-order valence-corrected chi connectivity index (χ4v) is 10.1. The number of sulfonamides is 1. The van der Waals surface area contributed by atoms with E-state index in [0.717, 1.165) is 87.2 Å². The quantitative estimate of drug-likeness (QED) is 0.0959. The molecule has 0 unspecified atom stereocenters. The van der Waals surface area contributed by atoms with Crippen molar-refractivity contribution in [1.29, 1.82) is 0 Å². The molecular formula is C46H50ClN9O6S. The van der Waals surface area contributed by atoms with E-state index in [-0.39, 0.29) is 22.8 Å². The van der Waals surface area contributed by atoms with Gasteiger partial charge in [0, 0.05) is 74.2 Å². The average molecular weight is 892 g/mol. The van der Waals surface area contributed by atoms with Gasteiger partial charge in [0.2, 0.25) is 0 Å². The summed E-state index contributed by atoms with van der Waals surface area (Å²) >= 11 is 6.26. The lowest BCUT2D eigenvalue weighted by Crippen LogP contribution is -2.47. The molecule has 3 aliphatic rings. The molecule has 2 aliphatic heterocycles. The Morgan fingerprint density at radius 3 is 2.51 bits per heavy atom. The lowest BCUT2D eigenvalue weighted by molar-refractivity contribution is -0.386. The number of aromatic amines is 1. The molecule has 2 fully saturated rings. The monoisotopic (exact) mass is 891 g/mol. The SMILES string of the molecule is CN1CCC(Oc2ccc(S(=O)(=O)NC(=O)c3ccc(N4CCN(CC5=C(c6ccc(Cl)cc6)CC(C)(C)CC5)CC4)cc3-n3ncc4nc5[nH]ccc5cc43)cc2[N+](=O)[O-])CC1. The van der Waals surface area contributed by atoms with Crippen LogP contribution in [0.4, 0.5) is 11.4 Å². The number of hydrogen-bond acceptors (Lipinski definition) is 11. The topological polar surface area (TPSA) is 172 Å². The Morgan fingerprint density at radius 1 is 1.00 bits per heavy atom. The lowest BCUT2D eigenvalue weighted by atomic mass is 9.72. The first kappa shape index (κ1) is 42.5. The van der Waals surface area contributed by atoms with Gasteiger partial charge in [0.1, 0.15) is 17.3 Å². The van der Waals surface area contributed by atoms with Crippen molar-refractivity contribution in [3.05, 3.63) is 117 Å². The number of allylic oxidation sites excluding steroid dienone is 1. The van der Waals surface area contributed by atoms with Gasteiger partial charge < -0.3 is 19.5 Å². The summed E-state index contributed by atoms with van der Waals surface area (Å²) in [6.45, 7) is 10.2. The number of carbonyl (C=O) groups is 1. The molecule has 0 bridgehead atoms. The molecule has 0 spiro atoms. The van der Waals surface area contributed by atoms with Gasteiger partial charge in [-0.2, -0.15) is 5.10 Å². The van der Waals surface area contributed by atoms with Crippen molar-refractivity contribution < 1.29 is 22.9 Å². The van der Waals surface area contributed by atoms with Gasteiger partial charge in [0.15, 0.2) is 5.75 Å². The van der Waals surface area contributed by atoms with Crippen LogP contribution >= 0.6 is 11.6 Å². The van der Waals surface area contributed by atoms with Crippen LogP contribution in [0.15, 0.2) is 95.7 Å². The van der Waals surface area contributed by atoms with Crippen LogP contribution in [0, 0.1) is 15.5 Å². The van der Waals surface area contributed by atoms with E-state index in [2.05, 4.69) is 55.5 Å². The van der Waals surface area contributed by atoms with Crippen molar-refractivity contribution in [3.63, 3.8) is 0 Å². The highest BCUT2D eigenvalue weighted by Crippen LogP contribution is 2.43. The van der Waals surface area contributed by atoms with Crippen LogP contribution in [0.1, 0.15) is 61.9 Å². The summed E-state index contributed by atoms with van der Waals surface area (Å²) in [5, 5.41) is 18.4. The summed E-state index contributed by atoms with van der Waals surface area (Å²) in [4.78, 5) is 40.0. The van der Waals surface area contributed by atoms with Crippen LogP contribution in [0.5, 0.6) is 5.75 Å². The molecule has 17 heteroatoms. The van der Waals surface area contributed by atoms with E-state index in [9.17, 15) is 23.3 Å². The third-order valence-electron chi connectivity index (χ3n) is 12.7. The molecular weight excluding hydrogens is 842 g/mol. The number of nitrogens with one attached hydrogen (secondary N) is 2. The van der Waals surface area contributed by atoms with Crippen LogP contribution in [-0.2, 0) is 10.0 Å². The number of aromatic nitrogens is 4. The Kier molecular flexibility index (Phi) is 11.5. The molecule has 9 rings (SSSR count). The largest absolute Gasteiger partial charge is 0.483 e. The van der Waals surface area contributed by atoms with Crippen molar-refractivity contribution in [2.45, 2.75) is 57.0 Å². The first-order valence-corrected chi connectivity index (χ1v) is 23.2. The van der Waals surface area contributed by atoms with Gasteiger partial charge in [-0.3, -0.25) is 19.8 Å². The molecule has 328 valence electrons. The number of anilines is 1. The second-order valence-corrected chi connectivity index (χ2v) is 19.8. The predicted molar refractivity (Wildman–Crippen MR) is 244 cm³/mol. The van der Waals surface area contributed by atoms with Crippen molar-refractivity contribution in [2.75, 3.05) is 57.8 Å². The number of nitrogens with zero attached hydrogens (tertiary/aromatic N) is 7. The van der Waals surface area contributed by atoms with Gasteiger partial charge in [0.25, 0.3) is 15.9 Å². The standard InChI is InChI=1S/C46H50ClN9O6S/c1-46(2)16-12-32(38(27-46)30-4-6-33(47)7-5-30)29-53-20-22-54(23-21-53)34-8-10-37(40(25-34)55-41-24-31-13-17-48-44(31)50-39(41)28-49-55)45(57)51-63(60,61)36-9-11-43(42(26-36)56(58)59)62-35-14-18-52(3)19-15-35/h4-11,13,17,24-26,28,35H,12,14-16,18-23,27,29H2,1-3H3,(H,48,50)(H,51,57). The van der Waals surface area contributed by atoms with Crippen LogP contribution in [0.25, 0.3) is 33.3 Å². The van der Waals surface area contributed by atoms with Gasteiger partial charge >= 0.3 is 5.69 Å². The van der Waals surface area contributed by atoms with E-state index in [1.807, 2.05) is 43.4 Å². The van der Waals surface area contributed by atoms with Crippen LogP contribution in [0.2, 0.25) is 5.02 Å². The molecule has 1 amide bonds. The van der Waals surface area contributed by atoms with E-state index in [4.69, 9.17) is 21.3 Å². The molecule has 1 aliphatic carbocycles. The minimum absolute atomic E-state index is 0.0213. The number of ether oxygens (including phenoxy) is 1. The van der Waals surface area contributed by atoms with Crippen molar-refractivity contribution in [3.8, 4) is 11.4 Å². The number of H-pyrrole nitrogens is 1. The third-order valence-corrected chi connectivity index (χ3v) is 14.3. The summed E-state index contributed by atoms with van der Waals surface area (Å²) in [7, 11) is -2.59. The van der Waals surface area contributed by atoms with Crippen molar-refractivity contribution in [2.24, 2.45) is 5.41 Å². The van der Waals surface area contributed by atoms with Crippen molar-refractivity contribution >= 4 is 66.5 Å². The van der Waals surface area contributed by atoms with Crippen LogP contribution in [0.3, 0.4) is 0 Å². The van der Waals surface area contributed by atoms with Gasteiger partial charge in [-0.05, 0) is 110 Å². The number of hydrogen-bond donors (Lipinski definition) is 2. The maximum Gasteiger partial charge on any atom is 0.312 e. The maximum atomic E-state index is 14.2. The zero-order chi connectivity index (χ0) is 44.0. The Bertz CT molecular complexity index is 2860. The number of nitro groups is 1. The van der Waals surface area contributed by atoms with Crippen LogP contribution < -0.4 is 14.4 Å². The van der Waals surface area contributed by atoms with E-state index in [1.54, 1.807) is 23.1 Å². The normalized spacial score (nSPS) is 18.0. The number of fused-ring (bicyclic) bond motifs is 2. The number of piperazine rings is 1. The molecule has 2 saturated heterocycles. The van der Waals surface area contributed by atoms with Gasteiger partial charge in [-0.1, -0.05) is 43.2 Å². The Morgan fingerprint density at radius 2 is 1.76 bits per heavy atom. The van der Waals surface area contributed by atoms with E-state index >= 15 is 0 Å². The molecule has 6 aromatic rings. The highest BCUT2D eigenvalue weighted by atomic mass is 35.5. The summed E-state index contributed by atoms with van der Waals surface area (Å²) in [6, 6.07) is 20.7. The zero-order valence-electron chi connectivity index (χ0n) is 35.5. The number of amides is 1. The zero-order valence-corrected chi connectivity index (χ0v) is 37.1. The molecule has 2 N–H and O–H groups in total. The molecule has 0 atom stereocenters. The van der Waals surface area contributed by atoms with Gasteiger partial charge in [0.05, 0.1) is 32.8 Å². The number of halogens is 1. The molecule has 5 heterocycles. The second kappa shape index (κ2) is 17.1. The molecule has 3 aromatic heterocycles. The Balaban J connectivity index is 0.982. The molecule has 0 saturated carbocycles.